The third-order valence-corrected chi connectivity index (χ3v) is 3.54. The first-order valence-electron chi connectivity index (χ1n) is 6.09. The predicted octanol–water partition coefficient (Wildman–Crippen LogP) is 2.71. The van der Waals surface area contributed by atoms with Crippen LogP contribution in [0.3, 0.4) is 0 Å². The van der Waals surface area contributed by atoms with Gasteiger partial charge in [-0.15, -0.1) is 11.3 Å². The fourth-order valence-electron chi connectivity index (χ4n) is 1.66. The Kier molecular flexibility index (Phi) is 6.28. The highest BCUT2D eigenvalue weighted by molar-refractivity contribution is 7.12. The third kappa shape index (κ3) is 4.91. The average molecular weight is 251 g/mol. The fraction of sp³-hybridized carbons (Fsp3) is 0.571. The van der Waals surface area contributed by atoms with Gasteiger partial charge in [-0.3, -0.25) is 4.90 Å². The van der Waals surface area contributed by atoms with E-state index in [0.29, 0.717) is 6.04 Å². The van der Waals surface area contributed by atoms with Gasteiger partial charge in [0.1, 0.15) is 6.61 Å². The Hall–Kier alpha value is -0.820. The van der Waals surface area contributed by atoms with Crippen LogP contribution in [0.2, 0.25) is 0 Å². The number of hydrogen-bond donors (Lipinski definition) is 1. The van der Waals surface area contributed by atoms with Crippen LogP contribution in [-0.2, 0) is 6.54 Å². The maximum Gasteiger partial charge on any atom is 0.104 e. The van der Waals surface area contributed by atoms with Crippen LogP contribution in [0.15, 0.2) is 12.1 Å². The molecule has 0 aliphatic heterocycles. The van der Waals surface area contributed by atoms with Crippen molar-refractivity contribution < 1.29 is 5.11 Å². The van der Waals surface area contributed by atoms with Crippen molar-refractivity contribution in [1.29, 1.82) is 0 Å². The molecule has 3 heteroatoms. The van der Waals surface area contributed by atoms with Crippen LogP contribution in [0, 0.1) is 11.8 Å². The second-order valence-corrected chi connectivity index (χ2v) is 5.46. The van der Waals surface area contributed by atoms with Crippen LogP contribution in [-0.4, -0.2) is 29.2 Å². The van der Waals surface area contributed by atoms with Crippen molar-refractivity contribution in [3.05, 3.63) is 21.9 Å². The summed E-state index contributed by atoms with van der Waals surface area (Å²) < 4.78 is 0. The van der Waals surface area contributed by atoms with E-state index in [2.05, 4.69) is 43.6 Å². The van der Waals surface area contributed by atoms with Crippen LogP contribution in [0.4, 0.5) is 0 Å². The maximum atomic E-state index is 8.65. The standard InChI is InChI=1S/C14H21NOS/c1-4-9-15(12(2)3)11-14-8-7-13(17-14)6-5-10-16/h7-8,12,16H,4,9-11H2,1-3H3. The van der Waals surface area contributed by atoms with Gasteiger partial charge in [0, 0.05) is 17.5 Å². The highest BCUT2D eigenvalue weighted by atomic mass is 32.1. The van der Waals surface area contributed by atoms with E-state index in [0.717, 1.165) is 18.0 Å². The van der Waals surface area contributed by atoms with E-state index in [-0.39, 0.29) is 6.61 Å². The molecule has 94 valence electrons. The van der Waals surface area contributed by atoms with Crippen molar-refractivity contribution in [3.8, 4) is 11.8 Å². The molecule has 0 saturated heterocycles. The van der Waals surface area contributed by atoms with Gasteiger partial charge in [0.15, 0.2) is 0 Å². The molecule has 1 N–H and O–H groups in total. The summed E-state index contributed by atoms with van der Waals surface area (Å²) in [6, 6.07) is 4.74. The van der Waals surface area contributed by atoms with Crippen LogP contribution >= 0.6 is 11.3 Å². The molecule has 0 atom stereocenters. The monoisotopic (exact) mass is 251 g/mol. The van der Waals surface area contributed by atoms with E-state index in [1.165, 1.54) is 11.3 Å². The van der Waals surface area contributed by atoms with Crippen LogP contribution in [0.5, 0.6) is 0 Å². The van der Waals surface area contributed by atoms with Crippen molar-refractivity contribution in [2.75, 3.05) is 13.2 Å². The van der Waals surface area contributed by atoms with Crippen LogP contribution in [0.1, 0.15) is 36.9 Å². The summed E-state index contributed by atoms with van der Waals surface area (Å²) in [7, 11) is 0. The summed E-state index contributed by atoms with van der Waals surface area (Å²) in [4.78, 5) is 4.85. The van der Waals surface area contributed by atoms with E-state index < -0.39 is 0 Å². The third-order valence-electron chi connectivity index (χ3n) is 2.55. The molecule has 0 radical (unpaired) electrons. The molecule has 0 aliphatic rings. The Bertz CT molecular complexity index is 386. The molecule has 0 fully saturated rings. The van der Waals surface area contributed by atoms with E-state index in [9.17, 15) is 0 Å². The number of nitrogens with zero attached hydrogens (tertiary/aromatic N) is 1. The SMILES string of the molecule is CCCN(Cc1ccc(C#CCO)s1)C(C)C. The first-order valence-corrected chi connectivity index (χ1v) is 6.91. The first-order chi connectivity index (χ1) is 8.17. The molecule has 0 bridgehead atoms. The van der Waals surface area contributed by atoms with Crippen molar-refractivity contribution in [2.24, 2.45) is 0 Å². The van der Waals surface area contributed by atoms with Gasteiger partial charge in [-0.2, -0.15) is 0 Å². The molecule has 0 saturated carbocycles. The van der Waals surface area contributed by atoms with Crippen molar-refractivity contribution in [3.63, 3.8) is 0 Å². The molecule has 0 amide bonds. The Balaban J connectivity index is 2.63. The molecular formula is C14H21NOS. The highest BCUT2D eigenvalue weighted by Crippen LogP contribution is 2.18. The second kappa shape index (κ2) is 7.50. The highest BCUT2D eigenvalue weighted by Gasteiger charge is 2.10. The minimum atomic E-state index is -0.0683. The molecule has 0 aliphatic carbocycles. The van der Waals surface area contributed by atoms with Gasteiger partial charge in [0.25, 0.3) is 0 Å². The molecular weight excluding hydrogens is 230 g/mol. The summed E-state index contributed by atoms with van der Waals surface area (Å²) in [5, 5.41) is 8.65. The smallest absolute Gasteiger partial charge is 0.104 e. The van der Waals surface area contributed by atoms with Gasteiger partial charge in [-0.05, 0) is 38.9 Å². The van der Waals surface area contributed by atoms with Gasteiger partial charge in [0.05, 0.1) is 4.88 Å². The van der Waals surface area contributed by atoms with Gasteiger partial charge in [0.2, 0.25) is 0 Å². The topological polar surface area (TPSA) is 23.5 Å². The summed E-state index contributed by atoms with van der Waals surface area (Å²) in [6.45, 7) is 8.73. The fourth-order valence-corrected chi connectivity index (χ4v) is 2.57. The summed E-state index contributed by atoms with van der Waals surface area (Å²) in [6.07, 6.45) is 1.18. The summed E-state index contributed by atoms with van der Waals surface area (Å²) in [5.74, 6) is 5.63. The Morgan fingerprint density at radius 1 is 1.41 bits per heavy atom. The van der Waals surface area contributed by atoms with E-state index in [1.54, 1.807) is 11.3 Å². The molecule has 1 heterocycles. The molecule has 2 nitrogen and oxygen atoms in total. The van der Waals surface area contributed by atoms with Crippen molar-refractivity contribution in [2.45, 2.75) is 39.8 Å². The number of aliphatic hydroxyl groups is 1. The first kappa shape index (κ1) is 14.2. The molecule has 17 heavy (non-hydrogen) atoms. The minimum Gasteiger partial charge on any atom is -0.384 e. The number of hydrogen-bond acceptors (Lipinski definition) is 3. The molecule has 1 rings (SSSR count). The van der Waals surface area contributed by atoms with Crippen molar-refractivity contribution in [1.82, 2.24) is 4.90 Å². The van der Waals surface area contributed by atoms with Gasteiger partial charge in [-0.25, -0.2) is 0 Å². The molecule has 0 unspecified atom stereocenters. The second-order valence-electron chi connectivity index (χ2n) is 4.29. The quantitative estimate of drug-likeness (QED) is 0.813. The molecule has 0 aromatic carbocycles. The predicted molar refractivity (Wildman–Crippen MR) is 74.1 cm³/mol. The number of rotatable bonds is 5. The van der Waals surface area contributed by atoms with E-state index in [1.807, 2.05) is 6.07 Å². The lowest BCUT2D eigenvalue weighted by Crippen LogP contribution is -2.30. The van der Waals surface area contributed by atoms with E-state index in [4.69, 9.17) is 5.11 Å². The minimum absolute atomic E-state index is 0.0683. The zero-order chi connectivity index (χ0) is 12.7. The van der Waals surface area contributed by atoms with Crippen LogP contribution < -0.4 is 0 Å². The Morgan fingerprint density at radius 2 is 2.18 bits per heavy atom. The lowest BCUT2D eigenvalue weighted by molar-refractivity contribution is 0.215. The average Bonchev–Trinajstić information content (AvgIpc) is 2.73. The summed E-state index contributed by atoms with van der Waals surface area (Å²) in [5.41, 5.74) is 0. The molecule has 0 spiro atoms. The zero-order valence-corrected chi connectivity index (χ0v) is 11.7. The van der Waals surface area contributed by atoms with Gasteiger partial charge < -0.3 is 5.11 Å². The lowest BCUT2D eigenvalue weighted by atomic mass is 10.2. The largest absolute Gasteiger partial charge is 0.384 e. The zero-order valence-electron chi connectivity index (χ0n) is 10.9. The Morgan fingerprint density at radius 3 is 2.76 bits per heavy atom. The number of thiophene rings is 1. The summed E-state index contributed by atoms with van der Waals surface area (Å²) >= 11 is 1.72. The molecule has 1 aromatic rings. The van der Waals surface area contributed by atoms with Gasteiger partial charge in [-0.1, -0.05) is 18.8 Å². The maximum absolute atomic E-state index is 8.65. The number of aliphatic hydroxyl groups excluding tert-OH is 1. The van der Waals surface area contributed by atoms with Crippen molar-refractivity contribution >= 4 is 11.3 Å². The normalized spacial score (nSPS) is 10.7. The Labute approximate surface area is 108 Å². The van der Waals surface area contributed by atoms with Crippen LogP contribution in [0.25, 0.3) is 0 Å². The lowest BCUT2D eigenvalue weighted by Gasteiger charge is -2.25. The molecule has 1 aromatic heterocycles. The van der Waals surface area contributed by atoms with E-state index >= 15 is 0 Å². The van der Waals surface area contributed by atoms with Gasteiger partial charge >= 0.3 is 0 Å².